The summed E-state index contributed by atoms with van der Waals surface area (Å²) in [7, 11) is 1.39. The number of esters is 1. The third-order valence-corrected chi connectivity index (χ3v) is 2.08. The maximum atomic E-state index is 11.2. The summed E-state index contributed by atoms with van der Waals surface area (Å²) in [6.45, 7) is 5.71. The Hall–Kier alpha value is -1.25. The quantitative estimate of drug-likeness (QED) is 0.647. The average molecular weight is 167 g/mol. The molecule has 0 aliphatic heterocycles. The van der Waals surface area contributed by atoms with E-state index in [1.165, 1.54) is 7.11 Å². The molecule has 0 aromatic carbocycles. The summed E-state index contributed by atoms with van der Waals surface area (Å²) in [4.78, 5) is 14.3. The molecule has 0 saturated heterocycles. The first-order valence-electron chi connectivity index (χ1n) is 3.82. The minimum atomic E-state index is -0.269. The van der Waals surface area contributed by atoms with Crippen LogP contribution in [0.15, 0.2) is 0 Å². The second kappa shape index (κ2) is 3.01. The number of nitrogens with one attached hydrogen (secondary N) is 1. The normalized spacial score (nSPS) is 10.0. The van der Waals surface area contributed by atoms with Crippen molar-refractivity contribution >= 4 is 5.97 Å². The molecule has 12 heavy (non-hydrogen) atoms. The van der Waals surface area contributed by atoms with Gasteiger partial charge in [-0.15, -0.1) is 0 Å². The largest absolute Gasteiger partial charge is 0.465 e. The van der Waals surface area contributed by atoms with Crippen molar-refractivity contribution in [3.05, 3.63) is 22.5 Å². The van der Waals surface area contributed by atoms with Gasteiger partial charge in [0.05, 0.1) is 12.7 Å². The number of aromatic amines is 1. The Labute approximate surface area is 71.7 Å². The van der Waals surface area contributed by atoms with E-state index in [9.17, 15) is 4.79 Å². The van der Waals surface area contributed by atoms with Crippen molar-refractivity contribution in [1.29, 1.82) is 0 Å². The number of aryl methyl sites for hydroxylation is 2. The van der Waals surface area contributed by atoms with Gasteiger partial charge in [-0.1, -0.05) is 0 Å². The highest BCUT2D eigenvalue weighted by molar-refractivity contribution is 5.92. The summed E-state index contributed by atoms with van der Waals surface area (Å²) in [6, 6.07) is 0. The molecule has 0 radical (unpaired) electrons. The monoisotopic (exact) mass is 167 g/mol. The average Bonchev–Trinajstić information content (AvgIpc) is 2.26. The van der Waals surface area contributed by atoms with Gasteiger partial charge in [-0.05, 0) is 26.3 Å². The van der Waals surface area contributed by atoms with Gasteiger partial charge in [0, 0.05) is 11.4 Å². The van der Waals surface area contributed by atoms with Crippen LogP contribution >= 0.6 is 0 Å². The third kappa shape index (κ3) is 1.22. The molecular weight excluding hydrogens is 154 g/mol. The number of carbonyl (C=O) groups excluding carboxylic acids is 1. The Morgan fingerprint density at radius 3 is 2.17 bits per heavy atom. The van der Waals surface area contributed by atoms with Gasteiger partial charge in [0.25, 0.3) is 0 Å². The highest BCUT2D eigenvalue weighted by atomic mass is 16.5. The molecule has 0 amide bonds. The molecule has 3 heteroatoms. The van der Waals surface area contributed by atoms with E-state index >= 15 is 0 Å². The van der Waals surface area contributed by atoms with Gasteiger partial charge >= 0.3 is 5.97 Å². The number of ether oxygens (including phenoxy) is 1. The standard InChI is InChI=1S/C9H13NO2/c1-5-6(2)10-7(3)8(5)9(11)12-4/h10H,1-4H3. The summed E-state index contributed by atoms with van der Waals surface area (Å²) < 4.78 is 4.65. The van der Waals surface area contributed by atoms with Gasteiger partial charge in [0.15, 0.2) is 0 Å². The number of hydrogen-bond donors (Lipinski definition) is 1. The molecule has 0 bridgehead atoms. The van der Waals surface area contributed by atoms with E-state index in [-0.39, 0.29) is 5.97 Å². The predicted octanol–water partition coefficient (Wildman–Crippen LogP) is 1.73. The zero-order chi connectivity index (χ0) is 9.30. The molecule has 1 heterocycles. The van der Waals surface area contributed by atoms with Gasteiger partial charge in [-0.3, -0.25) is 0 Å². The van der Waals surface area contributed by atoms with E-state index in [0.29, 0.717) is 5.56 Å². The van der Waals surface area contributed by atoms with E-state index in [2.05, 4.69) is 9.72 Å². The number of methoxy groups -OCH3 is 1. The van der Waals surface area contributed by atoms with Crippen LogP contribution in [0.2, 0.25) is 0 Å². The van der Waals surface area contributed by atoms with Crippen molar-refractivity contribution in [2.24, 2.45) is 0 Å². The Morgan fingerprint density at radius 1 is 1.25 bits per heavy atom. The molecule has 66 valence electrons. The van der Waals surface area contributed by atoms with E-state index < -0.39 is 0 Å². The number of aromatic nitrogens is 1. The van der Waals surface area contributed by atoms with Crippen molar-refractivity contribution < 1.29 is 9.53 Å². The van der Waals surface area contributed by atoms with Gasteiger partial charge in [0.2, 0.25) is 0 Å². The van der Waals surface area contributed by atoms with Crippen molar-refractivity contribution in [1.82, 2.24) is 4.98 Å². The van der Waals surface area contributed by atoms with Crippen LogP contribution in [0.3, 0.4) is 0 Å². The molecule has 1 aromatic rings. The maximum absolute atomic E-state index is 11.2. The van der Waals surface area contributed by atoms with Crippen LogP contribution in [-0.4, -0.2) is 18.1 Å². The van der Waals surface area contributed by atoms with Crippen LogP contribution in [0.1, 0.15) is 27.3 Å². The number of H-pyrrole nitrogens is 1. The fraction of sp³-hybridized carbons (Fsp3) is 0.444. The third-order valence-electron chi connectivity index (χ3n) is 2.08. The van der Waals surface area contributed by atoms with Crippen molar-refractivity contribution in [2.75, 3.05) is 7.11 Å². The topological polar surface area (TPSA) is 42.1 Å². The smallest absolute Gasteiger partial charge is 0.339 e. The minimum absolute atomic E-state index is 0.269. The first-order valence-corrected chi connectivity index (χ1v) is 3.82. The molecule has 0 unspecified atom stereocenters. The molecule has 0 spiro atoms. The predicted molar refractivity (Wildman–Crippen MR) is 46.3 cm³/mol. The van der Waals surface area contributed by atoms with Crippen molar-refractivity contribution in [2.45, 2.75) is 20.8 Å². The molecule has 0 fully saturated rings. The fourth-order valence-corrected chi connectivity index (χ4v) is 1.31. The van der Waals surface area contributed by atoms with E-state index in [1.807, 2.05) is 20.8 Å². The van der Waals surface area contributed by atoms with Gasteiger partial charge in [-0.25, -0.2) is 4.79 Å². The molecule has 0 aliphatic carbocycles. The number of hydrogen-bond acceptors (Lipinski definition) is 2. The van der Waals surface area contributed by atoms with Crippen LogP contribution in [0.25, 0.3) is 0 Å². The highest BCUT2D eigenvalue weighted by Gasteiger charge is 2.15. The minimum Gasteiger partial charge on any atom is -0.465 e. The molecular formula is C9H13NO2. The Kier molecular flexibility index (Phi) is 2.22. The van der Waals surface area contributed by atoms with Crippen molar-refractivity contribution in [3.8, 4) is 0 Å². The zero-order valence-electron chi connectivity index (χ0n) is 7.82. The molecule has 3 nitrogen and oxygen atoms in total. The first-order chi connectivity index (χ1) is 5.57. The molecule has 0 saturated carbocycles. The van der Waals surface area contributed by atoms with Crippen LogP contribution < -0.4 is 0 Å². The van der Waals surface area contributed by atoms with Crippen LogP contribution in [0.4, 0.5) is 0 Å². The summed E-state index contributed by atoms with van der Waals surface area (Å²) in [5.74, 6) is -0.269. The maximum Gasteiger partial charge on any atom is 0.339 e. The van der Waals surface area contributed by atoms with Gasteiger partial charge in [0.1, 0.15) is 0 Å². The molecule has 0 atom stereocenters. The molecule has 1 N–H and O–H groups in total. The number of rotatable bonds is 1. The number of carbonyl (C=O) groups is 1. The van der Waals surface area contributed by atoms with Gasteiger partial charge in [-0.2, -0.15) is 0 Å². The lowest BCUT2D eigenvalue weighted by Gasteiger charge is -1.98. The van der Waals surface area contributed by atoms with E-state index in [1.54, 1.807) is 0 Å². The summed E-state index contributed by atoms with van der Waals surface area (Å²) >= 11 is 0. The van der Waals surface area contributed by atoms with Crippen LogP contribution in [-0.2, 0) is 4.74 Å². The van der Waals surface area contributed by atoms with Gasteiger partial charge < -0.3 is 9.72 Å². The molecule has 1 rings (SSSR count). The molecule has 1 aromatic heterocycles. The second-order valence-corrected chi connectivity index (χ2v) is 2.87. The fourth-order valence-electron chi connectivity index (χ4n) is 1.31. The summed E-state index contributed by atoms with van der Waals surface area (Å²) in [5.41, 5.74) is 3.53. The zero-order valence-corrected chi connectivity index (χ0v) is 7.82. The SMILES string of the molecule is COC(=O)c1c(C)[nH]c(C)c1C. The first kappa shape index (κ1) is 8.84. The lowest BCUT2D eigenvalue weighted by atomic mass is 10.1. The highest BCUT2D eigenvalue weighted by Crippen LogP contribution is 2.17. The van der Waals surface area contributed by atoms with E-state index in [0.717, 1.165) is 17.0 Å². The Bertz CT molecular complexity index is 313. The summed E-state index contributed by atoms with van der Waals surface area (Å²) in [5, 5.41) is 0. The van der Waals surface area contributed by atoms with Crippen LogP contribution in [0, 0.1) is 20.8 Å². The Balaban J connectivity index is 3.22. The van der Waals surface area contributed by atoms with E-state index in [4.69, 9.17) is 0 Å². The lowest BCUT2D eigenvalue weighted by Crippen LogP contribution is -2.03. The van der Waals surface area contributed by atoms with Crippen LogP contribution in [0.5, 0.6) is 0 Å². The molecule has 0 aliphatic rings. The van der Waals surface area contributed by atoms with Crippen molar-refractivity contribution in [3.63, 3.8) is 0 Å². The summed E-state index contributed by atoms with van der Waals surface area (Å²) in [6.07, 6.45) is 0. The lowest BCUT2D eigenvalue weighted by molar-refractivity contribution is 0.0599. The second-order valence-electron chi connectivity index (χ2n) is 2.87. The Morgan fingerprint density at radius 2 is 1.83 bits per heavy atom.